The third-order valence-corrected chi connectivity index (χ3v) is 4.44. The van der Waals surface area contributed by atoms with Gasteiger partial charge in [0.25, 0.3) is 0 Å². The number of benzene rings is 1. The van der Waals surface area contributed by atoms with Gasteiger partial charge >= 0.3 is 0 Å². The monoisotopic (exact) mass is 361 g/mol. The van der Waals surface area contributed by atoms with Crippen LogP contribution in [0.3, 0.4) is 0 Å². The van der Waals surface area contributed by atoms with E-state index >= 15 is 0 Å². The SMILES string of the molecule is CCCC1CC1NCc1cc(Br)c(O)c(Br)c1. The Morgan fingerprint density at radius 3 is 2.59 bits per heavy atom. The van der Waals surface area contributed by atoms with Gasteiger partial charge in [-0.1, -0.05) is 13.3 Å². The van der Waals surface area contributed by atoms with Gasteiger partial charge < -0.3 is 10.4 Å². The summed E-state index contributed by atoms with van der Waals surface area (Å²) < 4.78 is 1.48. The van der Waals surface area contributed by atoms with Crippen LogP contribution in [0.15, 0.2) is 21.1 Å². The van der Waals surface area contributed by atoms with Gasteiger partial charge in [0, 0.05) is 12.6 Å². The summed E-state index contributed by atoms with van der Waals surface area (Å²) in [4.78, 5) is 0. The molecule has 0 aromatic heterocycles. The third kappa shape index (κ3) is 3.46. The highest BCUT2D eigenvalue weighted by Crippen LogP contribution is 2.36. The van der Waals surface area contributed by atoms with E-state index in [1.165, 1.54) is 24.8 Å². The molecule has 2 rings (SSSR count). The van der Waals surface area contributed by atoms with Gasteiger partial charge in [-0.25, -0.2) is 0 Å². The van der Waals surface area contributed by atoms with Crippen molar-refractivity contribution in [3.8, 4) is 5.75 Å². The van der Waals surface area contributed by atoms with Crippen molar-refractivity contribution in [2.45, 2.75) is 38.8 Å². The largest absolute Gasteiger partial charge is 0.506 e. The fourth-order valence-corrected chi connectivity index (χ4v) is 3.44. The minimum atomic E-state index is 0.268. The van der Waals surface area contributed by atoms with Crippen molar-refractivity contribution in [3.63, 3.8) is 0 Å². The molecule has 0 radical (unpaired) electrons. The lowest BCUT2D eigenvalue weighted by molar-refractivity contribution is 0.468. The molecule has 4 heteroatoms. The molecule has 0 heterocycles. The highest BCUT2D eigenvalue weighted by atomic mass is 79.9. The Balaban J connectivity index is 1.88. The van der Waals surface area contributed by atoms with Crippen LogP contribution < -0.4 is 5.32 Å². The van der Waals surface area contributed by atoms with E-state index in [2.05, 4.69) is 44.1 Å². The molecule has 2 N–H and O–H groups in total. The predicted molar refractivity (Wildman–Crippen MR) is 77.1 cm³/mol. The molecule has 0 aliphatic heterocycles. The molecule has 2 nitrogen and oxygen atoms in total. The number of phenols is 1. The Labute approximate surface area is 119 Å². The Morgan fingerprint density at radius 2 is 2.00 bits per heavy atom. The number of hydrogen-bond acceptors (Lipinski definition) is 2. The average Bonchev–Trinajstić information content (AvgIpc) is 3.02. The smallest absolute Gasteiger partial charge is 0.143 e. The van der Waals surface area contributed by atoms with E-state index in [1.54, 1.807) is 0 Å². The maximum Gasteiger partial charge on any atom is 0.143 e. The molecule has 0 amide bonds. The summed E-state index contributed by atoms with van der Waals surface area (Å²) in [5.41, 5.74) is 1.18. The summed E-state index contributed by atoms with van der Waals surface area (Å²) >= 11 is 6.70. The van der Waals surface area contributed by atoms with Crippen molar-refractivity contribution < 1.29 is 5.11 Å². The van der Waals surface area contributed by atoms with Gasteiger partial charge in [0.05, 0.1) is 8.95 Å². The van der Waals surface area contributed by atoms with Crippen LogP contribution in [0.25, 0.3) is 0 Å². The Morgan fingerprint density at radius 1 is 1.35 bits per heavy atom. The zero-order valence-corrected chi connectivity index (χ0v) is 13.0. The number of rotatable bonds is 5. The first kappa shape index (κ1) is 13.4. The second-order valence-electron chi connectivity index (χ2n) is 4.68. The molecule has 1 aromatic carbocycles. The predicted octanol–water partition coefficient (Wildman–Crippen LogP) is 4.20. The second kappa shape index (κ2) is 5.72. The summed E-state index contributed by atoms with van der Waals surface area (Å²) in [5.74, 6) is 1.15. The summed E-state index contributed by atoms with van der Waals surface area (Å²) in [6, 6.07) is 4.62. The number of halogens is 2. The van der Waals surface area contributed by atoms with Crippen molar-refractivity contribution in [3.05, 3.63) is 26.6 Å². The van der Waals surface area contributed by atoms with Gasteiger partial charge in [-0.3, -0.25) is 0 Å². The van der Waals surface area contributed by atoms with E-state index in [1.807, 2.05) is 12.1 Å². The fourth-order valence-electron chi connectivity index (χ4n) is 2.16. The molecule has 2 atom stereocenters. The quantitative estimate of drug-likeness (QED) is 0.822. The molecule has 1 fully saturated rings. The molecule has 1 aliphatic rings. The molecule has 94 valence electrons. The Hall–Kier alpha value is -0.0600. The van der Waals surface area contributed by atoms with E-state index in [4.69, 9.17) is 0 Å². The number of phenolic OH excluding ortho intramolecular Hbond substituents is 1. The molecule has 0 bridgehead atoms. The van der Waals surface area contributed by atoms with E-state index in [0.29, 0.717) is 6.04 Å². The number of hydrogen-bond donors (Lipinski definition) is 2. The number of aromatic hydroxyl groups is 1. The van der Waals surface area contributed by atoms with Crippen LogP contribution in [0, 0.1) is 5.92 Å². The van der Waals surface area contributed by atoms with E-state index in [0.717, 1.165) is 21.4 Å². The van der Waals surface area contributed by atoms with Crippen molar-refractivity contribution in [1.82, 2.24) is 5.32 Å². The van der Waals surface area contributed by atoms with Crippen LogP contribution in [0.4, 0.5) is 0 Å². The van der Waals surface area contributed by atoms with Crippen LogP contribution in [-0.4, -0.2) is 11.1 Å². The topological polar surface area (TPSA) is 32.3 Å². The van der Waals surface area contributed by atoms with E-state index in [9.17, 15) is 5.11 Å². The first-order valence-corrected chi connectivity index (χ1v) is 7.60. The third-order valence-electron chi connectivity index (χ3n) is 3.23. The normalized spacial score (nSPS) is 22.8. The van der Waals surface area contributed by atoms with Crippen LogP contribution in [0.1, 0.15) is 31.7 Å². The molecule has 0 saturated heterocycles. The molecule has 0 spiro atoms. The van der Waals surface area contributed by atoms with Crippen LogP contribution in [0.2, 0.25) is 0 Å². The zero-order chi connectivity index (χ0) is 12.4. The van der Waals surface area contributed by atoms with Crippen LogP contribution in [0.5, 0.6) is 5.75 Å². The lowest BCUT2D eigenvalue weighted by Crippen LogP contribution is -2.17. The summed E-state index contributed by atoms with van der Waals surface area (Å²) in [5, 5.41) is 13.2. The molecule has 17 heavy (non-hydrogen) atoms. The fraction of sp³-hybridized carbons (Fsp3) is 0.538. The highest BCUT2D eigenvalue weighted by Gasteiger charge is 2.35. The molecule has 2 unspecified atom stereocenters. The molecular formula is C13H17Br2NO. The second-order valence-corrected chi connectivity index (χ2v) is 6.39. The molecular weight excluding hydrogens is 346 g/mol. The Bertz CT molecular complexity index is 385. The van der Waals surface area contributed by atoms with Gasteiger partial charge in [-0.2, -0.15) is 0 Å². The van der Waals surface area contributed by atoms with Crippen molar-refractivity contribution in [2.75, 3.05) is 0 Å². The van der Waals surface area contributed by atoms with Crippen molar-refractivity contribution in [1.29, 1.82) is 0 Å². The van der Waals surface area contributed by atoms with Gasteiger partial charge in [0.15, 0.2) is 0 Å². The minimum absolute atomic E-state index is 0.268. The maximum absolute atomic E-state index is 9.62. The first-order valence-electron chi connectivity index (χ1n) is 6.02. The standard InChI is InChI=1S/C13H17Br2NO/c1-2-3-9-6-12(9)16-7-8-4-10(14)13(17)11(15)5-8/h4-5,9,12,16-17H,2-3,6-7H2,1H3. The number of nitrogens with one attached hydrogen (secondary N) is 1. The summed E-state index contributed by atoms with van der Waals surface area (Å²) in [6.45, 7) is 3.10. The van der Waals surface area contributed by atoms with Gasteiger partial charge in [-0.05, 0) is 68.3 Å². The summed E-state index contributed by atoms with van der Waals surface area (Å²) in [7, 11) is 0. The van der Waals surface area contributed by atoms with Gasteiger partial charge in [-0.15, -0.1) is 0 Å². The maximum atomic E-state index is 9.62. The molecule has 1 aliphatic carbocycles. The van der Waals surface area contributed by atoms with Crippen LogP contribution >= 0.6 is 31.9 Å². The first-order chi connectivity index (χ1) is 8.11. The molecule has 1 aromatic rings. The Kier molecular flexibility index (Phi) is 4.50. The zero-order valence-electron chi connectivity index (χ0n) is 9.84. The lowest BCUT2D eigenvalue weighted by atomic mass is 10.2. The average molecular weight is 363 g/mol. The minimum Gasteiger partial charge on any atom is -0.506 e. The highest BCUT2D eigenvalue weighted by molar-refractivity contribution is 9.11. The molecule has 1 saturated carbocycles. The van der Waals surface area contributed by atoms with E-state index < -0.39 is 0 Å². The van der Waals surface area contributed by atoms with Gasteiger partial charge in [0.1, 0.15) is 5.75 Å². The van der Waals surface area contributed by atoms with Crippen molar-refractivity contribution in [2.24, 2.45) is 5.92 Å². The summed E-state index contributed by atoms with van der Waals surface area (Å²) in [6.07, 6.45) is 3.92. The lowest BCUT2D eigenvalue weighted by Gasteiger charge is -2.07. The van der Waals surface area contributed by atoms with Gasteiger partial charge in [0.2, 0.25) is 0 Å². The van der Waals surface area contributed by atoms with Crippen molar-refractivity contribution >= 4 is 31.9 Å². The van der Waals surface area contributed by atoms with Crippen LogP contribution in [-0.2, 0) is 6.54 Å². The van der Waals surface area contributed by atoms with E-state index in [-0.39, 0.29) is 5.75 Å².